The quantitative estimate of drug-likeness (QED) is 0.790. The fourth-order valence-corrected chi connectivity index (χ4v) is 3.22. The molecule has 1 aromatic heterocycles. The molecule has 0 aromatic carbocycles. The number of nitrogens with one attached hydrogen (secondary N) is 1. The van der Waals surface area contributed by atoms with Crippen LogP contribution in [0.25, 0.3) is 0 Å². The van der Waals surface area contributed by atoms with E-state index in [1.165, 1.54) is 9.75 Å². The molecule has 1 heterocycles. The smallest absolute Gasteiger partial charge is 0.0746 e. The van der Waals surface area contributed by atoms with Gasteiger partial charge in [0, 0.05) is 22.3 Å². The molecule has 0 amide bonds. The van der Waals surface area contributed by atoms with Gasteiger partial charge in [0.2, 0.25) is 0 Å². The molecular weight excluding hydrogens is 242 g/mol. The van der Waals surface area contributed by atoms with E-state index in [0.29, 0.717) is 18.5 Å². The van der Waals surface area contributed by atoms with E-state index in [-0.39, 0.29) is 0 Å². The Morgan fingerprint density at radius 3 is 2.50 bits per heavy atom. The molecule has 0 radical (unpaired) electrons. The summed E-state index contributed by atoms with van der Waals surface area (Å²) in [6.07, 6.45) is 1.93. The van der Waals surface area contributed by atoms with Crippen LogP contribution in [-0.4, -0.2) is 17.3 Å². The number of aliphatic hydroxyl groups is 1. The summed E-state index contributed by atoms with van der Waals surface area (Å²) >= 11 is 1.86. The third kappa shape index (κ3) is 5.09. The second-order valence-corrected chi connectivity index (χ2v) is 7.06. The Balaban J connectivity index is 2.47. The van der Waals surface area contributed by atoms with Crippen molar-refractivity contribution >= 4 is 11.3 Å². The monoisotopic (exact) mass is 269 g/mol. The van der Waals surface area contributed by atoms with E-state index in [9.17, 15) is 5.11 Å². The summed E-state index contributed by atoms with van der Waals surface area (Å²) in [4.78, 5) is 2.78. The van der Waals surface area contributed by atoms with Gasteiger partial charge in [0.05, 0.1) is 5.60 Å². The van der Waals surface area contributed by atoms with Gasteiger partial charge in [-0.1, -0.05) is 20.8 Å². The minimum absolute atomic E-state index is 0.314. The van der Waals surface area contributed by atoms with Gasteiger partial charge in [-0.25, -0.2) is 0 Å². The minimum Gasteiger partial charge on any atom is -0.389 e. The fourth-order valence-electron chi connectivity index (χ4n) is 2.24. The van der Waals surface area contributed by atoms with Crippen molar-refractivity contribution < 1.29 is 5.11 Å². The van der Waals surface area contributed by atoms with E-state index in [4.69, 9.17) is 0 Å². The minimum atomic E-state index is -0.618. The predicted molar refractivity (Wildman–Crippen MR) is 80.2 cm³/mol. The molecule has 1 aromatic rings. The number of thiophene rings is 1. The van der Waals surface area contributed by atoms with Crippen LogP contribution >= 0.6 is 11.3 Å². The standard InChI is InChI=1S/C15H27NOS/c1-6-13-7-8-14(18-13)12(4)16-10-15(5,17)9-11(2)3/h7-8,11-12,16-17H,6,9-10H2,1-5H3. The lowest BCUT2D eigenvalue weighted by molar-refractivity contribution is 0.0364. The van der Waals surface area contributed by atoms with E-state index < -0.39 is 5.60 Å². The van der Waals surface area contributed by atoms with Crippen LogP contribution in [-0.2, 0) is 6.42 Å². The molecule has 104 valence electrons. The highest BCUT2D eigenvalue weighted by Gasteiger charge is 2.22. The lowest BCUT2D eigenvalue weighted by atomic mass is 9.94. The van der Waals surface area contributed by atoms with Crippen molar-refractivity contribution in [3.05, 3.63) is 21.9 Å². The third-order valence-electron chi connectivity index (χ3n) is 3.09. The Kier molecular flexibility index (Phi) is 5.83. The molecule has 0 saturated carbocycles. The maximum atomic E-state index is 10.3. The Bertz CT molecular complexity index is 357. The first-order valence-corrected chi connectivity index (χ1v) is 7.70. The first kappa shape index (κ1) is 15.7. The highest BCUT2D eigenvalue weighted by atomic mass is 32.1. The Hall–Kier alpha value is -0.380. The van der Waals surface area contributed by atoms with Crippen LogP contribution in [0.15, 0.2) is 12.1 Å². The Morgan fingerprint density at radius 2 is 2.00 bits per heavy atom. The van der Waals surface area contributed by atoms with E-state index >= 15 is 0 Å². The summed E-state index contributed by atoms with van der Waals surface area (Å²) < 4.78 is 0. The van der Waals surface area contributed by atoms with Crippen molar-refractivity contribution in [1.82, 2.24) is 5.32 Å². The van der Waals surface area contributed by atoms with Gasteiger partial charge in [0.15, 0.2) is 0 Å². The first-order chi connectivity index (χ1) is 8.34. The van der Waals surface area contributed by atoms with Gasteiger partial charge < -0.3 is 10.4 Å². The van der Waals surface area contributed by atoms with Gasteiger partial charge in [-0.05, 0) is 44.7 Å². The molecule has 0 fully saturated rings. The van der Waals surface area contributed by atoms with Crippen molar-refractivity contribution in [2.45, 2.75) is 59.1 Å². The van der Waals surface area contributed by atoms with E-state index in [1.54, 1.807) is 0 Å². The summed E-state index contributed by atoms with van der Waals surface area (Å²) in [6.45, 7) is 11.2. The maximum Gasteiger partial charge on any atom is 0.0746 e. The molecule has 0 bridgehead atoms. The molecule has 0 aliphatic rings. The van der Waals surface area contributed by atoms with Gasteiger partial charge in [0.1, 0.15) is 0 Å². The van der Waals surface area contributed by atoms with Crippen molar-refractivity contribution in [3.63, 3.8) is 0 Å². The number of hydrogen-bond donors (Lipinski definition) is 2. The first-order valence-electron chi connectivity index (χ1n) is 6.88. The molecule has 0 saturated heterocycles. The largest absolute Gasteiger partial charge is 0.389 e. The number of rotatable bonds is 7. The maximum absolute atomic E-state index is 10.3. The summed E-state index contributed by atoms with van der Waals surface area (Å²) in [6, 6.07) is 4.71. The fraction of sp³-hybridized carbons (Fsp3) is 0.733. The average molecular weight is 269 g/mol. The van der Waals surface area contributed by atoms with Gasteiger partial charge in [-0.2, -0.15) is 0 Å². The van der Waals surface area contributed by atoms with Gasteiger partial charge >= 0.3 is 0 Å². The molecule has 2 atom stereocenters. The van der Waals surface area contributed by atoms with Gasteiger partial charge in [-0.3, -0.25) is 0 Å². The van der Waals surface area contributed by atoms with Crippen molar-refractivity contribution in [2.75, 3.05) is 6.54 Å². The van der Waals surface area contributed by atoms with E-state index in [1.807, 2.05) is 18.3 Å². The molecule has 0 spiro atoms. The van der Waals surface area contributed by atoms with Crippen LogP contribution in [0, 0.1) is 5.92 Å². The predicted octanol–water partition coefficient (Wildman–Crippen LogP) is 3.76. The van der Waals surface area contributed by atoms with Crippen LogP contribution in [0.2, 0.25) is 0 Å². The van der Waals surface area contributed by atoms with E-state index in [0.717, 1.165) is 12.8 Å². The van der Waals surface area contributed by atoms with Crippen molar-refractivity contribution in [1.29, 1.82) is 0 Å². The van der Waals surface area contributed by atoms with Crippen LogP contribution in [0.5, 0.6) is 0 Å². The van der Waals surface area contributed by atoms with Crippen LogP contribution in [0.4, 0.5) is 0 Å². The third-order valence-corrected chi connectivity index (χ3v) is 4.51. The van der Waals surface area contributed by atoms with Gasteiger partial charge in [0.25, 0.3) is 0 Å². The van der Waals surface area contributed by atoms with Crippen LogP contribution in [0.1, 0.15) is 56.8 Å². The highest BCUT2D eigenvalue weighted by Crippen LogP contribution is 2.24. The molecule has 2 nitrogen and oxygen atoms in total. The lowest BCUT2D eigenvalue weighted by Gasteiger charge is -2.27. The van der Waals surface area contributed by atoms with E-state index in [2.05, 4.69) is 45.1 Å². The summed E-state index contributed by atoms with van der Waals surface area (Å²) in [5.41, 5.74) is -0.618. The number of hydrogen-bond acceptors (Lipinski definition) is 3. The summed E-state index contributed by atoms with van der Waals surface area (Å²) in [5.74, 6) is 0.519. The summed E-state index contributed by atoms with van der Waals surface area (Å²) in [5, 5.41) is 13.7. The molecule has 0 aliphatic heterocycles. The second kappa shape index (κ2) is 6.69. The molecule has 0 aliphatic carbocycles. The molecule has 2 N–H and O–H groups in total. The zero-order chi connectivity index (χ0) is 13.8. The molecule has 18 heavy (non-hydrogen) atoms. The molecule has 1 rings (SSSR count). The summed E-state index contributed by atoms with van der Waals surface area (Å²) in [7, 11) is 0. The van der Waals surface area contributed by atoms with Crippen molar-refractivity contribution in [2.24, 2.45) is 5.92 Å². The Labute approximate surface area is 115 Å². The zero-order valence-electron chi connectivity index (χ0n) is 12.3. The number of aryl methyl sites for hydroxylation is 1. The second-order valence-electron chi connectivity index (χ2n) is 5.86. The average Bonchev–Trinajstić information content (AvgIpc) is 2.72. The van der Waals surface area contributed by atoms with Gasteiger partial charge in [-0.15, -0.1) is 11.3 Å². The molecule has 2 unspecified atom stereocenters. The van der Waals surface area contributed by atoms with Crippen LogP contribution < -0.4 is 5.32 Å². The van der Waals surface area contributed by atoms with Crippen LogP contribution in [0.3, 0.4) is 0 Å². The highest BCUT2D eigenvalue weighted by molar-refractivity contribution is 7.12. The van der Waals surface area contributed by atoms with Crippen molar-refractivity contribution in [3.8, 4) is 0 Å². The topological polar surface area (TPSA) is 32.3 Å². The Morgan fingerprint density at radius 1 is 1.33 bits per heavy atom. The zero-order valence-corrected chi connectivity index (χ0v) is 13.1. The lowest BCUT2D eigenvalue weighted by Crippen LogP contribution is -2.39. The molecule has 3 heteroatoms. The molecular formula is C15H27NOS. The normalized spacial score (nSPS) is 16.8. The SMILES string of the molecule is CCc1ccc(C(C)NCC(C)(O)CC(C)C)s1.